The summed E-state index contributed by atoms with van der Waals surface area (Å²) in [7, 11) is -8.32. The van der Waals surface area contributed by atoms with Crippen LogP contribution in [0.2, 0.25) is 5.02 Å². The number of piperidine rings is 1. The number of imide groups is 2. The van der Waals surface area contributed by atoms with Crippen molar-refractivity contribution in [3.63, 3.8) is 0 Å². The Balaban J connectivity index is 0.674. The van der Waals surface area contributed by atoms with E-state index < -0.39 is 55.4 Å². The SMILES string of the molecule is CC1(C)CCC(c2ccc(Cl)cc2)=C(CN2CCN(c3ccc(C(=O)NS(=O)(=O)c4ccc(NCC5CCC(N6CCN(Cc7ccc8c(c7)C(=O)N(C7CCC(=O)NC7=O)C8=O)CC6)CC5)c(S(C)(=O)=O)c4)cc3)CC2)C1. The second kappa shape index (κ2) is 22.7. The number of piperazine rings is 2. The summed E-state index contributed by atoms with van der Waals surface area (Å²) in [6.07, 6.45) is 8.30. The van der Waals surface area contributed by atoms with Gasteiger partial charge < -0.3 is 10.2 Å². The molecule has 4 heterocycles. The highest BCUT2D eigenvalue weighted by atomic mass is 35.5. The van der Waals surface area contributed by atoms with Crippen LogP contribution < -0.4 is 20.3 Å². The number of anilines is 2. The van der Waals surface area contributed by atoms with E-state index >= 15 is 0 Å². The summed E-state index contributed by atoms with van der Waals surface area (Å²) in [5.74, 6) is -2.61. The fourth-order valence-corrected chi connectivity index (χ4v) is 14.4. The first-order valence-corrected chi connectivity index (χ1v) is 30.9. The maximum absolute atomic E-state index is 13.6. The van der Waals surface area contributed by atoms with Gasteiger partial charge in [0.05, 0.1) is 26.6 Å². The Morgan fingerprint density at radius 1 is 0.731 bits per heavy atom. The number of halogens is 1. The van der Waals surface area contributed by atoms with Crippen LogP contribution in [0.3, 0.4) is 0 Å². The fraction of sp³-hybridized carbons (Fsp3) is 0.466. The van der Waals surface area contributed by atoms with E-state index in [1.165, 1.54) is 28.8 Å². The average molecular weight is 1120 g/mol. The van der Waals surface area contributed by atoms with Crippen molar-refractivity contribution in [3.8, 4) is 0 Å². The standard InChI is InChI=1S/C58H69ClN8O9S2/c1-58(2)23-22-47(40-7-11-43(59)12-8-40)42(34-58)37-64-26-30-66(31-27-64)45-15-9-41(10-16-45)54(69)62-78(75,76)46-17-19-50(52(33-46)77(3,73)74)60-35-38-4-13-44(14-5-38)65-28-24-63(25-29-65)36-39-6-18-48-49(32-39)57(72)67(56(48)71)51-20-21-53(68)61-55(51)70/h6-12,15-19,32-33,38,44,51,60H,4-5,13-14,20-31,34-37H2,1-3H3,(H,62,69)(H,61,68,70). The van der Waals surface area contributed by atoms with Gasteiger partial charge in [0.2, 0.25) is 11.8 Å². The molecule has 0 aromatic heterocycles. The molecule has 3 saturated heterocycles. The second-order valence-electron chi connectivity index (χ2n) is 22.8. The number of hydrogen-bond donors (Lipinski definition) is 3. The van der Waals surface area contributed by atoms with Crippen LogP contribution in [0.1, 0.15) is 114 Å². The van der Waals surface area contributed by atoms with Gasteiger partial charge in [-0.05, 0) is 146 Å². The molecule has 0 spiro atoms. The highest BCUT2D eigenvalue weighted by molar-refractivity contribution is 7.91. The molecule has 20 heteroatoms. The molecule has 1 atom stereocenters. The van der Waals surface area contributed by atoms with Crippen molar-refractivity contribution in [2.75, 3.05) is 81.9 Å². The van der Waals surface area contributed by atoms with Gasteiger partial charge in [0.1, 0.15) is 6.04 Å². The predicted molar refractivity (Wildman–Crippen MR) is 300 cm³/mol. The van der Waals surface area contributed by atoms with Crippen LogP contribution >= 0.6 is 11.6 Å². The monoisotopic (exact) mass is 1120 g/mol. The first-order valence-electron chi connectivity index (χ1n) is 27.2. The topological polar surface area (TPSA) is 206 Å². The van der Waals surface area contributed by atoms with Gasteiger partial charge in [0, 0.05) is 107 Å². The van der Waals surface area contributed by atoms with Crippen molar-refractivity contribution >= 4 is 77.9 Å². The summed E-state index contributed by atoms with van der Waals surface area (Å²) in [4.78, 5) is 74.2. The molecule has 5 amide bonds. The minimum absolute atomic E-state index is 0.0663. The van der Waals surface area contributed by atoms with Gasteiger partial charge in [-0.3, -0.25) is 48.9 Å². The number of carbonyl (C=O) groups excluding carboxylic acids is 5. The van der Waals surface area contributed by atoms with Crippen LogP contribution in [0.5, 0.6) is 0 Å². The molecule has 6 aliphatic rings. The van der Waals surface area contributed by atoms with Gasteiger partial charge in [-0.25, -0.2) is 21.6 Å². The molecule has 3 N–H and O–H groups in total. The second-order valence-corrected chi connectivity index (χ2v) is 26.9. The number of carbonyl (C=O) groups is 5. The van der Waals surface area contributed by atoms with E-state index in [-0.39, 0.29) is 50.7 Å². The quantitative estimate of drug-likeness (QED) is 0.104. The van der Waals surface area contributed by atoms with Crippen LogP contribution in [0.4, 0.5) is 11.4 Å². The minimum Gasteiger partial charge on any atom is -0.384 e. The van der Waals surface area contributed by atoms with E-state index in [0.717, 1.165) is 137 Å². The number of sulfone groups is 1. The maximum Gasteiger partial charge on any atom is 0.264 e. The zero-order valence-electron chi connectivity index (χ0n) is 44.6. The van der Waals surface area contributed by atoms with Crippen molar-refractivity contribution in [2.45, 2.75) is 100 Å². The Hall–Kier alpha value is -5.96. The van der Waals surface area contributed by atoms with Crippen LogP contribution in [-0.2, 0) is 36.0 Å². The van der Waals surface area contributed by atoms with Gasteiger partial charge in [-0.1, -0.05) is 49.2 Å². The molecule has 0 bridgehead atoms. The van der Waals surface area contributed by atoms with Crippen molar-refractivity contribution < 1.29 is 40.8 Å². The molecule has 4 aromatic rings. The number of benzene rings is 4. The van der Waals surface area contributed by atoms with E-state index in [1.807, 2.05) is 30.3 Å². The molecule has 1 unspecified atom stereocenters. The molecule has 1 saturated carbocycles. The molecular weight excluding hydrogens is 1050 g/mol. The molecule has 2 aliphatic carbocycles. The highest BCUT2D eigenvalue weighted by Gasteiger charge is 2.45. The highest BCUT2D eigenvalue weighted by Crippen LogP contribution is 2.43. The number of nitrogens with zero attached hydrogens (tertiary/aromatic N) is 5. The van der Waals surface area contributed by atoms with Crippen molar-refractivity contribution in [3.05, 3.63) is 123 Å². The summed E-state index contributed by atoms with van der Waals surface area (Å²) < 4.78 is 55.6. The summed E-state index contributed by atoms with van der Waals surface area (Å²) in [5.41, 5.74) is 7.27. The third-order valence-corrected chi connectivity index (χ3v) is 19.5. The van der Waals surface area contributed by atoms with E-state index in [2.05, 4.69) is 60.9 Å². The van der Waals surface area contributed by atoms with E-state index in [4.69, 9.17) is 11.6 Å². The number of amides is 5. The van der Waals surface area contributed by atoms with E-state index in [0.29, 0.717) is 24.8 Å². The summed E-state index contributed by atoms with van der Waals surface area (Å²) in [5, 5.41) is 6.27. The zero-order valence-corrected chi connectivity index (χ0v) is 47.0. The van der Waals surface area contributed by atoms with Gasteiger partial charge in [-0.15, -0.1) is 0 Å². The van der Waals surface area contributed by atoms with Crippen molar-refractivity contribution in [2.24, 2.45) is 11.3 Å². The Labute approximate surface area is 462 Å². The third kappa shape index (κ3) is 12.4. The lowest BCUT2D eigenvalue weighted by molar-refractivity contribution is -0.136. The summed E-state index contributed by atoms with van der Waals surface area (Å²) in [6.45, 7) is 13.5. The Morgan fingerprint density at radius 3 is 2.08 bits per heavy atom. The molecule has 4 aromatic carbocycles. The first-order chi connectivity index (χ1) is 37.2. The van der Waals surface area contributed by atoms with Crippen molar-refractivity contribution in [1.29, 1.82) is 0 Å². The lowest BCUT2D eigenvalue weighted by atomic mass is 9.73. The molecule has 4 aliphatic heterocycles. The van der Waals surface area contributed by atoms with Crippen LogP contribution in [0.15, 0.2) is 100 Å². The number of allylic oxidation sites excluding steroid dienone is 1. The zero-order chi connectivity index (χ0) is 55.1. The van der Waals surface area contributed by atoms with Gasteiger partial charge in [-0.2, -0.15) is 0 Å². The molecule has 414 valence electrons. The Kier molecular flexibility index (Phi) is 16.1. The molecule has 78 heavy (non-hydrogen) atoms. The maximum atomic E-state index is 13.6. The number of rotatable bonds is 15. The summed E-state index contributed by atoms with van der Waals surface area (Å²) >= 11 is 6.21. The number of nitrogens with one attached hydrogen (secondary N) is 3. The predicted octanol–water partition coefficient (Wildman–Crippen LogP) is 6.84. The average Bonchev–Trinajstić information content (AvgIpc) is 3.86. The van der Waals surface area contributed by atoms with Gasteiger partial charge >= 0.3 is 0 Å². The van der Waals surface area contributed by atoms with Gasteiger partial charge in [0.25, 0.3) is 27.7 Å². The largest absolute Gasteiger partial charge is 0.384 e. The Morgan fingerprint density at radius 2 is 1.40 bits per heavy atom. The number of sulfonamides is 1. The van der Waals surface area contributed by atoms with Crippen molar-refractivity contribution in [1.82, 2.24) is 29.6 Å². The van der Waals surface area contributed by atoms with Gasteiger partial charge in [0.15, 0.2) is 9.84 Å². The first kappa shape index (κ1) is 55.4. The number of hydrogen-bond acceptors (Lipinski definition) is 14. The number of fused-ring (bicyclic) bond motifs is 1. The normalized spacial score (nSPS) is 22.8. The Bertz CT molecular complexity index is 3250. The molecule has 17 nitrogen and oxygen atoms in total. The van der Waals surface area contributed by atoms with Crippen LogP contribution in [-0.4, -0.2) is 150 Å². The third-order valence-electron chi connectivity index (χ3n) is 16.8. The molecule has 4 fully saturated rings. The van der Waals surface area contributed by atoms with E-state index in [1.54, 1.807) is 24.3 Å². The molecular formula is C58H69ClN8O9S2. The van der Waals surface area contributed by atoms with E-state index in [9.17, 15) is 40.8 Å². The molecule has 10 rings (SSSR count). The summed E-state index contributed by atoms with van der Waals surface area (Å²) in [6, 6.07) is 23.6. The van der Waals surface area contributed by atoms with Crippen LogP contribution in [0, 0.1) is 11.3 Å². The lowest BCUT2D eigenvalue weighted by Crippen LogP contribution is -2.54. The minimum atomic E-state index is -4.44. The smallest absolute Gasteiger partial charge is 0.264 e. The fourth-order valence-electron chi connectivity index (χ4n) is 12.3. The lowest BCUT2D eigenvalue weighted by Gasteiger charge is -2.42. The van der Waals surface area contributed by atoms with Crippen LogP contribution in [0.25, 0.3) is 5.57 Å². The molecule has 0 radical (unpaired) electrons.